The van der Waals surface area contributed by atoms with Crippen molar-refractivity contribution in [1.82, 2.24) is 29.5 Å². The average Bonchev–Trinajstić information content (AvgIpc) is 3.89. The first-order valence-electron chi connectivity index (χ1n) is 12.6. The van der Waals surface area contributed by atoms with Crippen LogP contribution >= 0.6 is 24.0 Å². The summed E-state index contributed by atoms with van der Waals surface area (Å²) in [5.74, 6) is 1.91. The van der Waals surface area contributed by atoms with Crippen molar-refractivity contribution in [3.05, 3.63) is 65.5 Å². The Morgan fingerprint density at radius 1 is 1.07 bits per heavy atom. The first-order chi connectivity index (χ1) is 18.9. The van der Waals surface area contributed by atoms with E-state index in [1.165, 1.54) is 19.7 Å². The van der Waals surface area contributed by atoms with Gasteiger partial charge in [-0.3, -0.25) is 0 Å². The number of anilines is 1. The van der Waals surface area contributed by atoms with Gasteiger partial charge in [0.25, 0.3) is 0 Å². The Balaban J connectivity index is 0.00000323. The van der Waals surface area contributed by atoms with Gasteiger partial charge in [0.15, 0.2) is 11.5 Å². The van der Waals surface area contributed by atoms with Crippen LogP contribution < -0.4 is 10.1 Å². The molecule has 2 aliphatic carbocycles. The fourth-order valence-corrected chi connectivity index (χ4v) is 4.50. The number of hydrogen-bond donors (Lipinski definition) is 2. The van der Waals surface area contributed by atoms with Crippen molar-refractivity contribution in [2.24, 2.45) is 0 Å². The molecule has 9 nitrogen and oxygen atoms in total. The number of ether oxygens (including phenoxy) is 1. The Bertz CT molecular complexity index is 1530. The van der Waals surface area contributed by atoms with Gasteiger partial charge in [0.05, 0.1) is 18.4 Å². The summed E-state index contributed by atoms with van der Waals surface area (Å²) >= 11 is 0. The molecule has 0 amide bonds. The highest BCUT2D eigenvalue weighted by atomic mass is 127. The third-order valence-electron chi connectivity index (χ3n) is 6.83. The van der Waals surface area contributed by atoms with E-state index in [0.29, 0.717) is 52.5 Å². The van der Waals surface area contributed by atoms with E-state index >= 15 is 0 Å². The highest BCUT2D eigenvalue weighted by Crippen LogP contribution is 2.45. The normalized spacial score (nSPS) is 14.9. The van der Waals surface area contributed by atoms with Crippen molar-refractivity contribution in [2.45, 2.75) is 50.4 Å². The number of nitrogens with zero attached hydrogens (tertiary/aromatic N) is 6. The predicted octanol–water partition coefficient (Wildman–Crippen LogP) is 6.26. The zero-order valence-electron chi connectivity index (χ0n) is 21.4. The smallest absolute Gasteiger partial charge is 0.434 e. The molecule has 3 heterocycles. The zero-order valence-corrected chi connectivity index (χ0v) is 23.8. The number of methoxy groups -OCH3 is 1. The minimum absolute atomic E-state index is 0. The van der Waals surface area contributed by atoms with Crippen LogP contribution in [-0.2, 0) is 12.7 Å². The van der Waals surface area contributed by atoms with Gasteiger partial charge in [0.2, 0.25) is 5.88 Å². The largest absolute Gasteiger partial charge is 0.480 e. The number of hydrogen-bond acceptors (Lipinski definition) is 8. The second kappa shape index (κ2) is 11.1. The molecule has 13 heteroatoms. The third-order valence-corrected chi connectivity index (χ3v) is 6.83. The van der Waals surface area contributed by atoms with E-state index in [-0.39, 0.29) is 30.0 Å². The molecule has 0 atom stereocenters. The highest BCUT2D eigenvalue weighted by Gasteiger charge is 2.37. The van der Waals surface area contributed by atoms with Crippen molar-refractivity contribution in [2.75, 3.05) is 12.4 Å². The second-order valence-corrected chi connectivity index (χ2v) is 9.70. The summed E-state index contributed by atoms with van der Waals surface area (Å²) < 4.78 is 47.0. The second-order valence-electron chi connectivity index (χ2n) is 9.70. The molecule has 208 valence electrons. The van der Waals surface area contributed by atoms with E-state index in [9.17, 15) is 13.2 Å². The van der Waals surface area contributed by atoms with Crippen molar-refractivity contribution >= 4 is 36.0 Å². The molecular weight excluding hydrogens is 636 g/mol. The predicted molar refractivity (Wildman–Crippen MR) is 153 cm³/mol. The summed E-state index contributed by atoms with van der Waals surface area (Å²) in [5.41, 5.74) is 2.63. The van der Waals surface area contributed by atoms with E-state index in [0.717, 1.165) is 43.1 Å². The van der Waals surface area contributed by atoms with Crippen LogP contribution in [0.25, 0.3) is 22.8 Å². The van der Waals surface area contributed by atoms with Crippen molar-refractivity contribution in [1.29, 1.82) is 5.41 Å². The Labute approximate surface area is 245 Å². The summed E-state index contributed by atoms with van der Waals surface area (Å²) in [6.45, 7) is 0.375. The molecule has 0 radical (unpaired) electrons. The first kappa shape index (κ1) is 27.9. The van der Waals surface area contributed by atoms with Crippen LogP contribution in [0.1, 0.15) is 60.2 Å². The molecule has 0 bridgehead atoms. The average molecular weight is 662 g/mol. The van der Waals surface area contributed by atoms with Crippen LogP contribution in [0.3, 0.4) is 0 Å². The van der Waals surface area contributed by atoms with Gasteiger partial charge >= 0.3 is 6.18 Å². The molecule has 1 aromatic carbocycles. The highest BCUT2D eigenvalue weighted by molar-refractivity contribution is 14.0. The molecule has 2 fully saturated rings. The van der Waals surface area contributed by atoms with Crippen LogP contribution in [0.5, 0.6) is 5.88 Å². The van der Waals surface area contributed by atoms with Crippen LogP contribution in [0, 0.1) is 5.41 Å². The molecular formula is C27H26F3IN8O. The summed E-state index contributed by atoms with van der Waals surface area (Å²) in [5, 5.41) is 11.0. The van der Waals surface area contributed by atoms with Crippen LogP contribution in [0.4, 0.5) is 19.0 Å². The summed E-state index contributed by atoms with van der Waals surface area (Å²) in [7, 11) is 1.54. The van der Waals surface area contributed by atoms with E-state index in [4.69, 9.17) is 10.1 Å². The van der Waals surface area contributed by atoms with E-state index in [1.807, 2.05) is 12.1 Å². The molecule has 0 aliphatic heterocycles. The maximum atomic E-state index is 13.3. The lowest BCUT2D eigenvalue weighted by Crippen LogP contribution is -2.08. The van der Waals surface area contributed by atoms with Gasteiger partial charge in [-0.1, -0.05) is 24.3 Å². The molecule has 2 saturated carbocycles. The van der Waals surface area contributed by atoms with Gasteiger partial charge in [-0.25, -0.2) is 24.9 Å². The molecule has 0 spiro atoms. The quantitative estimate of drug-likeness (QED) is 0.161. The lowest BCUT2D eigenvalue weighted by atomic mass is 10.1. The number of halogens is 4. The molecule has 6 rings (SSSR count). The third kappa shape index (κ3) is 5.64. The first-order valence-corrected chi connectivity index (χ1v) is 12.6. The van der Waals surface area contributed by atoms with Crippen LogP contribution in [0.2, 0.25) is 0 Å². The molecule has 2 N–H and O–H groups in total. The van der Waals surface area contributed by atoms with Gasteiger partial charge in [0.1, 0.15) is 23.5 Å². The van der Waals surface area contributed by atoms with Crippen molar-refractivity contribution in [3.63, 3.8) is 0 Å². The summed E-state index contributed by atoms with van der Waals surface area (Å²) in [4.78, 5) is 21.7. The maximum absolute atomic E-state index is 13.3. The molecule has 2 aliphatic rings. The van der Waals surface area contributed by atoms with Gasteiger partial charge in [-0.05, 0) is 31.2 Å². The fraction of sp³-hybridized carbons (Fsp3) is 0.333. The topological polar surface area (TPSA) is 114 Å². The van der Waals surface area contributed by atoms with Gasteiger partial charge in [-0.15, -0.1) is 24.0 Å². The Kier molecular flexibility index (Phi) is 7.75. The Morgan fingerprint density at radius 3 is 2.45 bits per heavy atom. The van der Waals surface area contributed by atoms with E-state index in [2.05, 4.69) is 30.2 Å². The van der Waals surface area contributed by atoms with E-state index in [1.54, 1.807) is 22.9 Å². The minimum atomic E-state index is -4.49. The SMILES string of the molecule is COc1ncnc(C2CC2)c1-c1ncc(C=N)c(NCc2ccc(-c3nc(C(F)(F)F)cn3C3CC3)cc2)n1.I. The molecule has 0 unspecified atom stereocenters. The lowest BCUT2D eigenvalue weighted by Gasteiger charge is -2.13. The lowest BCUT2D eigenvalue weighted by molar-refractivity contribution is -0.140. The van der Waals surface area contributed by atoms with Crippen molar-refractivity contribution in [3.8, 4) is 28.7 Å². The minimum Gasteiger partial charge on any atom is -0.480 e. The number of aromatic nitrogens is 6. The molecule has 3 aromatic heterocycles. The molecule has 0 saturated heterocycles. The van der Waals surface area contributed by atoms with Crippen LogP contribution in [0.15, 0.2) is 43.0 Å². The molecule has 4 aromatic rings. The number of alkyl halides is 3. The van der Waals surface area contributed by atoms with Gasteiger partial charge in [-0.2, -0.15) is 13.2 Å². The Hall–Kier alpha value is -3.62. The zero-order chi connectivity index (χ0) is 27.1. The monoisotopic (exact) mass is 662 g/mol. The molecule has 40 heavy (non-hydrogen) atoms. The Morgan fingerprint density at radius 2 is 1.82 bits per heavy atom. The van der Waals surface area contributed by atoms with Crippen LogP contribution in [-0.4, -0.2) is 42.8 Å². The standard InChI is InChI=1S/C27H25F3N8O.HI/c1-39-26-21(22(16-6-7-16)34-14-35-26)24-33-12-18(10-31)23(37-24)32-11-15-2-4-17(5-3-15)25-36-20(27(28,29)30)13-38(25)19-8-9-19;/h2-5,10,12-14,16,19,31H,6-9,11H2,1H3,(H,32,33,37);1H. The maximum Gasteiger partial charge on any atom is 0.434 e. The van der Waals surface area contributed by atoms with Gasteiger partial charge in [0, 0.05) is 42.7 Å². The number of rotatable bonds is 9. The number of nitrogens with one attached hydrogen (secondary N) is 2. The number of imidazole rings is 1. The van der Waals surface area contributed by atoms with Gasteiger partial charge < -0.3 is 20.0 Å². The summed E-state index contributed by atoms with van der Waals surface area (Å²) in [6, 6.07) is 7.29. The van der Waals surface area contributed by atoms with Crippen molar-refractivity contribution < 1.29 is 17.9 Å². The van der Waals surface area contributed by atoms with E-state index < -0.39 is 11.9 Å². The number of benzene rings is 1. The fourth-order valence-electron chi connectivity index (χ4n) is 4.50. The summed E-state index contributed by atoms with van der Waals surface area (Å²) in [6.07, 6.45) is 4.60.